The minimum atomic E-state index is -0.569. The maximum absolute atomic E-state index is 12.3. The van der Waals surface area contributed by atoms with Crippen LogP contribution in [0.3, 0.4) is 0 Å². The van der Waals surface area contributed by atoms with Crippen LogP contribution in [0.4, 0.5) is 4.79 Å². The summed E-state index contributed by atoms with van der Waals surface area (Å²) in [7, 11) is 0. The summed E-state index contributed by atoms with van der Waals surface area (Å²) in [6.07, 6.45) is 2.06. The summed E-state index contributed by atoms with van der Waals surface area (Å²) in [5, 5.41) is 6.16. The van der Waals surface area contributed by atoms with Crippen LogP contribution in [-0.4, -0.2) is 60.7 Å². The van der Waals surface area contributed by atoms with Gasteiger partial charge >= 0.3 is 6.09 Å². The van der Waals surface area contributed by atoms with Crippen molar-refractivity contribution in [2.75, 3.05) is 26.2 Å². The standard InChI is InChI=1S/C23H33BrClN3O5/c1-23(2,3)33-22(31)26-11-8-21(30)28-12-9-17(10-13-28)27-20(29)5-4-14-32-19-7-6-16(24)15-18(19)25/h6-7,15,17H,4-5,8-14H2,1-3H3,(H,26,31)(H,27,29). The van der Waals surface area contributed by atoms with E-state index in [4.69, 9.17) is 21.1 Å². The Morgan fingerprint density at radius 2 is 1.88 bits per heavy atom. The maximum Gasteiger partial charge on any atom is 0.407 e. The van der Waals surface area contributed by atoms with Crippen molar-refractivity contribution >= 4 is 45.4 Å². The van der Waals surface area contributed by atoms with Gasteiger partial charge in [-0.2, -0.15) is 0 Å². The molecular formula is C23H33BrClN3O5. The van der Waals surface area contributed by atoms with E-state index in [-0.39, 0.29) is 30.8 Å². The molecule has 0 saturated carbocycles. The number of carbonyl (C=O) groups is 3. The van der Waals surface area contributed by atoms with E-state index < -0.39 is 11.7 Å². The summed E-state index contributed by atoms with van der Waals surface area (Å²) in [6.45, 7) is 7.16. The molecule has 1 saturated heterocycles. The van der Waals surface area contributed by atoms with Gasteiger partial charge in [0.1, 0.15) is 11.4 Å². The van der Waals surface area contributed by atoms with Gasteiger partial charge in [0.25, 0.3) is 0 Å². The summed E-state index contributed by atoms with van der Waals surface area (Å²) < 4.78 is 11.7. The molecule has 0 spiro atoms. The lowest BCUT2D eigenvalue weighted by Crippen LogP contribution is -2.47. The summed E-state index contributed by atoms with van der Waals surface area (Å²) in [5.41, 5.74) is -0.569. The molecule has 1 aromatic carbocycles. The number of nitrogens with zero attached hydrogens (tertiary/aromatic N) is 1. The molecule has 0 radical (unpaired) electrons. The second-order valence-electron chi connectivity index (χ2n) is 8.93. The lowest BCUT2D eigenvalue weighted by molar-refractivity contribution is -0.132. The Balaban J connectivity index is 1.58. The van der Waals surface area contributed by atoms with Gasteiger partial charge in [-0.25, -0.2) is 4.79 Å². The molecular weight excluding hydrogens is 514 g/mol. The number of nitrogens with one attached hydrogen (secondary N) is 2. The molecule has 0 unspecified atom stereocenters. The van der Waals surface area contributed by atoms with Crippen molar-refractivity contribution in [2.24, 2.45) is 0 Å². The molecule has 0 bridgehead atoms. The van der Waals surface area contributed by atoms with Crippen molar-refractivity contribution in [2.45, 2.75) is 64.5 Å². The first-order valence-corrected chi connectivity index (χ1v) is 12.3. The number of hydrogen-bond donors (Lipinski definition) is 2. The van der Waals surface area contributed by atoms with Gasteiger partial charge in [-0.1, -0.05) is 27.5 Å². The molecule has 1 aliphatic rings. The Morgan fingerprint density at radius 3 is 2.52 bits per heavy atom. The number of benzene rings is 1. The van der Waals surface area contributed by atoms with E-state index in [2.05, 4.69) is 26.6 Å². The van der Waals surface area contributed by atoms with Crippen LogP contribution in [0.15, 0.2) is 22.7 Å². The monoisotopic (exact) mass is 545 g/mol. The van der Waals surface area contributed by atoms with Gasteiger partial charge in [0.2, 0.25) is 11.8 Å². The average Bonchev–Trinajstić information content (AvgIpc) is 2.71. The van der Waals surface area contributed by atoms with E-state index in [0.29, 0.717) is 56.2 Å². The van der Waals surface area contributed by atoms with E-state index >= 15 is 0 Å². The van der Waals surface area contributed by atoms with E-state index in [9.17, 15) is 14.4 Å². The van der Waals surface area contributed by atoms with E-state index in [1.807, 2.05) is 6.07 Å². The second kappa shape index (κ2) is 13.0. The van der Waals surface area contributed by atoms with Crippen molar-refractivity contribution in [1.29, 1.82) is 0 Å². The minimum Gasteiger partial charge on any atom is -0.492 e. The first-order chi connectivity index (χ1) is 15.5. The van der Waals surface area contributed by atoms with Crippen LogP contribution in [0.5, 0.6) is 5.75 Å². The highest BCUT2D eigenvalue weighted by Crippen LogP contribution is 2.27. The van der Waals surface area contributed by atoms with Gasteiger partial charge in [0.15, 0.2) is 0 Å². The lowest BCUT2D eigenvalue weighted by atomic mass is 10.0. The molecule has 1 aliphatic heterocycles. The van der Waals surface area contributed by atoms with Crippen LogP contribution < -0.4 is 15.4 Å². The molecule has 0 aliphatic carbocycles. The largest absolute Gasteiger partial charge is 0.492 e. The molecule has 0 atom stereocenters. The molecule has 1 aromatic rings. The van der Waals surface area contributed by atoms with Crippen LogP contribution in [-0.2, 0) is 14.3 Å². The number of hydrogen-bond acceptors (Lipinski definition) is 5. The van der Waals surface area contributed by atoms with Gasteiger partial charge in [-0.05, 0) is 58.2 Å². The fourth-order valence-corrected chi connectivity index (χ4v) is 4.05. The molecule has 0 aromatic heterocycles. The van der Waals surface area contributed by atoms with Crippen LogP contribution in [0, 0.1) is 0 Å². The maximum atomic E-state index is 12.3. The normalized spacial score (nSPS) is 14.5. The third-order valence-electron chi connectivity index (χ3n) is 4.92. The molecule has 184 valence electrons. The zero-order valence-electron chi connectivity index (χ0n) is 19.4. The third-order valence-corrected chi connectivity index (χ3v) is 5.71. The number of alkyl carbamates (subject to hydrolysis) is 1. The predicted octanol–water partition coefficient (Wildman–Crippen LogP) is 4.28. The smallest absolute Gasteiger partial charge is 0.407 e. The van der Waals surface area contributed by atoms with Crippen molar-refractivity contribution in [3.05, 3.63) is 27.7 Å². The van der Waals surface area contributed by atoms with Crippen molar-refractivity contribution < 1.29 is 23.9 Å². The van der Waals surface area contributed by atoms with Crippen molar-refractivity contribution in [3.63, 3.8) is 0 Å². The number of piperidine rings is 1. The first kappa shape index (κ1) is 27.2. The lowest BCUT2D eigenvalue weighted by Gasteiger charge is -2.32. The number of carbonyl (C=O) groups excluding carboxylic acids is 3. The SMILES string of the molecule is CC(C)(C)OC(=O)NCCC(=O)N1CCC(NC(=O)CCCOc2ccc(Br)cc2Cl)CC1. The Morgan fingerprint density at radius 1 is 1.18 bits per heavy atom. The Hall–Kier alpha value is -2.00. The fourth-order valence-electron chi connectivity index (χ4n) is 3.32. The molecule has 10 heteroatoms. The highest BCUT2D eigenvalue weighted by atomic mass is 79.9. The molecule has 8 nitrogen and oxygen atoms in total. The summed E-state index contributed by atoms with van der Waals surface area (Å²) in [6, 6.07) is 5.46. The fraction of sp³-hybridized carbons (Fsp3) is 0.609. The first-order valence-electron chi connectivity index (χ1n) is 11.2. The second-order valence-corrected chi connectivity index (χ2v) is 10.3. The average molecular weight is 547 g/mol. The van der Waals surface area contributed by atoms with Crippen molar-refractivity contribution in [3.8, 4) is 5.75 Å². The predicted molar refractivity (Wildman–Crippen MR) is 130 cm³/mol. The van der Waals surface area contributed by atoms with Crippen molar-refractivity contribution in [1.82, 2.24) is 15.5 Å². The summed E-state index contributed by atoms with van der Waals surface area (Å²) in [4.78, 5) is 38.0. The third kappa shape index (κ3) is 10.6. The quantitative estimate of drug-likeness (QED) is 0.451. The highest BCUT2D eigenvalue weighted by Gasteiger charge is 2.24. The van der Waals surface area contributed by atoms with Crippen LogP contribution >= 0.6 is 27.5 Å². The zero-order valence-corrected chi connectivity index (χ0v) is 21.8. The molecule has 2 N–H and O–H groups in total. The molecule has 33 heavy (non-hydrogen) atoms. The van der Waals surface area contributed by atoms with E-state index in [1.54, 1.807) is 37.8 Å². The van der Waals surface area contributed by atoms with E-state index in [1.165, 1.54) is 0 Å². The number of halogens is 2. The molecule has 2 rings (SSSR count). The Labute approximate surface area is 208 Å². The topological polar surface area (TPSA) is 97.0 Å². The van der Waals surface area contributed by atoms with Crippen LogP contribution in [0.2, 0.25) is 5.02 Å². The Kier molecular flexibility index (Phi) is 10.8. The van der Waals surface area contributed by atoms with E-state index in [0.717, 1.165) is 4.47 Å². The molecule has 1 fully saturated rings. The number of ether oxygens (including phenoxy) is 2. The Bertz CT molecular complexity index is 823. The minimum absolute atomic E-state index is 0.0143. The highest BCUT2D eigenvalue weighted by molar-refractivity contribution is 9.10. The van der Waals surface area contributed by atoms with Gasteiger partial charge in [-0.15, -0.1) is 0 Å². The van der Waals surface area contributed by atoms with Gasteiger partial charge in [0.05, 0.1) is 11.6 Å². The van der Waals surface area contributed by atoms with Gasteiger partial charge in [0, 0.05) is 43.0 Å². The van der Waals surface area contributed by atoms with Gasteiger partial charge in [-0.3, -0.25) is 9.59 Å². The number of amides is 3. The summed E-state index contributed by atoms with van der Waals surface area (Å²) >= 11 is 9.46. The van der Waals surface area contributed by atoms with Gasteiger partial charge < -0.3 is 25.0 Å². The molecule has 1 heterocycles. The van der Waals surface area contributed by atoms with Crippen LogP contribution in [0.25, 0.3) is 0 Å². The molecule has 3 amide bonds. The zero-order chi connectivity index (χ0) is 24.4. The number of rotatable bonds is 9. The van der Waals surface area contributed by atoms with Crippen LogP contribution in [0.1, 0.15) is 52.9 Å². The summed E-state index contributed by atoms with van der Waals surface area (Å²) in [5.74, 6) is 0.560. The number of likely N-dealkylation sites (tertiary alicyclic amines) is 1.